The Labute approximate surface area is 142 Å². The van der Waals surface area contributed by atoms with Crippen LogP contribution in [0.15, 0.2) is 54.9 Å². The van der Waals surface area contributed by atoms with Gasteiger partial charge in [-0.2, -0.15) is 5.10 Å². The Morgan fingerprint density at radius 2 is 2.22 bits per heavy atom. The van der Waals surface area contributed by atoms with Gasteiger partial charge in [-0.3, -0.25) is 4.79 Å². The van der Waals surface area contributed by atoms with Crippen molar-refractivity contribution in [1.29, 1.82) is 0 Å². The molecule has 0 bridgehead atoms. The van der Waals surface area contributed by atoms with Crippen molar-refractivity contribution in [2.75, 3.05) is 6.54 Å². The quantitative estimate of drug-likeness (QED) is 0.745. The van der Waals surface area contributed by atoms with E-state index < -0.39 is 6.10 Å². The number of aliphatic hydroxyl groups excluding tert-OH is 1. The highest BCUT2D eigenvalue weighted by atomic mass is 35.5. The lowest BCUT2D eigenvalue weighted by Crippen LogP contribution is -2.28. The second kappa shape index (κ2) is 6.95. The molecule has 1 aromatic carbocycles. The first-order chi connectivity index (χ1) is 11.1. The van der Waals surface area contributed by atoms with Gasteiger partial charge in [0.25, 0.3) is 5.91 Å². The van der Waals surface area contributed by atoms with E-state index in [0.717, 1.165) is 10.6 Å². The number of amides is 1. The average molecular weight is 348 g/mol. The van der Waals surface area contributed by atoms with Gasteiger partial charge in [-0.25, -0.2) is 4.68 Å². The molecule has 0 aliphatic rings. The molecule has 0 spiro atoms. The maximum atomic E-state index is 12.2. The zero-order valence-corrected chi connectivity index (χ0v) is 13.6. The van der Waals surface area contributed by atoms with Crippen molar-refractivity contribution in [3.8, 4) is 5.69 Å². The van der Waals surface area contributed by atoms with Crippen molar-refractivity contribution in [1.82, 2.24) is 15.1 Å². The van der Waals surface area contributed by atoms with Crippen molar-refractivity contribution in [3.63, 3.8) is 0 Å². The number of thiophene rings is 1. The van der Waals surface area contributed by atoms with E-state index in [-0.39, 0.29) is 12.5 Å². The highest BCUT2D eigenvalue weighted by molar-refractivity contribution is 7.16. The monoisotopic (exact) mass is 347 g/mol. The van der Waals surface area contributed by atoms with Crippen LogP contribution in [0.4, 0.5) is 0 Å². The molecule has 7 heteroatoms. The Balaban J connectivity index is 1.65. The number of hydrogen-bond donors (Lipinski definition) is 2. The van der Waals surface area contributed by atoms with E-state index >= 15 is 0 Å². The molecular weight excluding hydrogens is 334 g/mol. The topological polar surface area (TPSA) is 67.2 Å². The maximum Gasteiger partial charge on any atom is 0.251 e. The fraction of sp³-hybridized carbons (Fsp3) is 0.125. The molecule has 3 rings (SSSR count). The molecule has 2 aromatic heterocycles. The van der Waals surface area contributed by atoms with Gasteiger partial charge in [0, 0.05) is 29.4 Å². The van der Waals surface area contributed by atoms with Gasteiger partial charge in [0.1, 0.15) is 6.10 Å². The molecule has 1 atom stereocenters. The Hall–Kier alpha value is -2.15. The van der Waals surface area contributed by atoms with Gasteiger partial charge >= 0.3 is 0 Å². The molecule has 3 aromatic rings. The molecule has 1 unspecified atom stereocenters. The number of rotatable bonds is 5. The lowest BCUT2D eigenvalue weighted by Gasteiger charge is -2.11. The zero-order chi connectivity index (χ0) is 16.2. The van der Waals surface area contributed by atoms with Crippen LogP contribution in [0.5, 0.6) is 0 Å². The standard InChI is InChI=1S/C16H14ClN3O2S/c17-15-6-5-14(23-15)13(21)10-18-16(22)11-3-1-4-12(9-11)20-8-2-7-19-20/h1-9,13,21H,10H2,(H,18,22). The summed E-state index contributed by atoms with van der Waals surface area (Å²) in [5.74, 6) is -0.249. The Morgan fingerprint density at radius 1 is 1.35 bits per heavy atom. The van der Waals surface area contributed by atoms with E-state index in [1.54, 1.807) is 47.4 Å². The summed E-state index contributed by atoms with van der Waals surface area (Å²) in [4.78, 5) is 13.0. The van der Waals surface area contributed by atoms with Crippen molar-refractivity contribution < 1.29 is 9.90 Å². The van der Waals surface area contributed by atoms with Crippen LogP contribution >= 0.6 is 22.9 Å². The van der Waals surface area contributed by atoms with Crippen LogP contribution in [0.2, 0.25) is 4.34 Å². The van der Waals surface area contributed by atoms with Gasteiger partial charge in [0.2, 0.25) is 0 Å². The number of carbonyl (C=O) groups excluding carboxylic acids is 1. The van der Waals surface area contributed by atoms with Gasteiger partial charge in [0.05, 0.1) is 10.0 Å². The fourth-order valence-electron chi connectivity index (χ4n) is 2.11. The second-order valence-corrected chi connectivity index (χ2v) is 6.62. The van der Waals surface area contributed by atoms with Gasteiger partial charge < -0.3 is 10.4 Å². The average Bonchev–Trinajstić information content (AvgIpc) is 3.24. The number of aromatic nitrogens is 2. The molecule has 0 aliphatic heterocycles. The summed E-state index contributed by atoms with van der Waals surface area (Å²) < 4.78 is 2.29. The van der Waals surface area contributed by atoms with Crippen molar-refractivity contribution in [2.45, 2.75) is 6.10 Å². The number of carbonyl (C=O) groups is 1. The molecule has 5 nitrogen and oxygen atoms in total. The molecule has 2 N–H and O–H groups in total. The summed E-state index contributed by atoms with van der Waals surface area (Å²) in [6, 6.07) is 12.4. The minimum atomic E-state index is -0.772. The summed E-state index contributed by atoms with van der Waals surface area (Å²) in [5, 5.41) is 16.9. The lowest BCUT2D eigenvalue weighted by molar-refractivity contribution is 0.0918. The molecule has 118 valence electrons. The fourth-order valence-corrected chi connectivity index (χ4v) is 3.16. The van der Waals surface area contributed by atoms with E-state index in [9.17, 15) is 9.90 Å². The van der Waals surface area contributed by atoms with Crippen LogP contribution in [-0.2, 0) is 0 Å². The van der Waals surface area contributed by atoms with E-state index in [2.05, 4.69) is 10.4 Å². The first kappa shape index (κ1) is 15.7. The molecule has 23 heavy (non-hydrogen) atoms. The minimum Gasteiger partial charge on any atom is -0.386 e. The van der Waals surface area contributed by atoms with E-state index in [4.69, 9.17) is 11.6 Å². The van der Waals surface area contributed by atoms with Gasteiger partial charge in [-0.1, -0.05) is 17.7 Å². The minimum absolute atomic E-state index is 0.127. The zero-order valence-electron chi connectivity index (χ0n) is 12.0. The molecule has 0 aliphatic carbocycles. The Bertz CT molecular complexity index is 801. The second-order valence-electron chi connectivity index (χ2n) is 4.87. The summed E-state index contributed by atoms with van der Waals surface area (Å²) in [7, 11) is 0. The van der Waals surface area contributed by atoms with Crippen LogP contribution in [-0.4, -0.2) is 27.3 Å². The van der Waals surface area contributed by atoms with E-state index in [1.807, 2.05) is 12.1 Å². The highest BCUT2D eigenvalue weighted by Gasteiger charge is 2.13. The lowest BCUT2D eigenvalue weighted by atomic mass is 10.2. The van der Waals surface area contributed by atoms with Crippen LogP contribution in [0, 0.1) is 0 Å². The number of nitrogens with one attached hydrogen (secondary N) is 1. The molecule has 0 radical (unpaired) electrons. The highest BCUT2D eigenvalue weighted by Crippen LogP contribution is 2.26. The number of nitrogens with zero attached hydrogens (tertiary/aromatic N) is 2. The van der Waals surface area contributed by atoms with Gasteiger partial charge in [-0.05, 0) is 36.4 Å². The predicted molar refractivity (Wildman–Crippen MR) is 90.2 cm³/mol. The number of hydrogen-bond acceptors (Lipinski definition) is 4. The summed E-state index contributed by atoms with van der Waals surface area (Å²) in [6.45, 7) is 0.127. The van der Waals surface area contributed by atoms with Crippen LogP contribution in [0.1, 0.15) is 21.3 Å². The predicted octanol–water partition coefficient (Wildman–Crippen LogP) is 3.05. The first-order valence-electron chi connectivity index (χ1n) is 6.95. The number of benzene rings is 1. The molecule has 0 fully saturated rings. The first-order valence-corrected chi connectivity index (χ1v) is 8.14. The van der Waals surface area contributed by atoms with E-state index in [1.165, 1.54) is 11.3 Å². The molecule has 1 amide bonds. The third kappa shape index (κ3) is 3.79. The van der Waals surface area contributed by atoms with Crippen LogP contribution < -0.4 is 5.32 Å². The molecule has 2 heterocycles. The van der Waals surface area contributed by atoms with E-state index in [0.29, 0.717) is 9.90 Å². The normalized spacial score (nSPS) is 12.1. The smallest absolute Gasteiger partial charge is 0.251 e. The molecule has 0 saturated heterocycles. The Morgan fingerprint density at radius 3 is 2.91 bits per heavy atom. The van der Waals surface area contributed by atoms with Crippen molar-refractivity contribution in [3.05, 3.63) is 69.6 Å². The summed E-state index contributed by atoms with van der Waals surface area (Å²) in [6.07, 6.45) is 2.71. The van der Waals surface area contributed by atoms with Crippen LogP contribution in [0.3, 0.4) is 0 Å². The molecule has 0 saturated carbocycles. The SMILES string of the molecule is O=C(NCC(O)c1ccc(Cl)s1)c1cccc(-n2cccn2)c1. The molecular formula is C16H14ClN3O2S. The van der Waals surface area contributed by atoms with Crippen molar-refractivity contribution >= 4 is 28.8 Å². The third-order valence-corrected chi connectivity index (χ3v) is 4.59. The van der Waals surface area contributed by atoms with Crippen molar-refractivity contribution in [2.24, 2.45) is 0 Å². The van der Waals surface area contributed by atoms with Gasteiger partial charge in [0.15, 0.2) is 0 Å². The third-order valence-electron chi connectivity index (χ3n) is 3.26. The Kier molecular flexibility index (Phi) is 4.76. The summed E-state index contributed by atoms with van der Waals surface area (Å²) in [5.41, 5.74) is 1.31. The maximum absolute atomic E-state index is 12.2. The number of aliphatic hydroxyl groups is 1. The largest absolute Gasteiger partial charge is 0.386 e. The van der Waals surface area contributed by atoms with Gasteiger partial charge in [-0.15, -0.1) is 11.3 Å². The summed E-state index contributed by atoms with van der Waals surface area (Å²) >= 11 is 7.14. The number of halogens is 1. The van der Waals surface area contributed by atoms with Crippen LogP contribution in [0.25, 0.3) is 5.69 Å².